The van der Waals surface area contributed by atoms with Crippen LogP contribution in [0, 0.1) is 13.8 Å². The molecule has 1 atom stereocenters. The van der Waals surface area contributed by atoms with Gasteiger partial charge in [0.15, 0.2) is 0 Å². The molecule has 0 spiro atoms. The molecule has 1 N–H and O–H groups in total. The first-order chi connectivity index (χ1) is 18.0. The molecule has 5 aromatic rings. The molecule has 0 unspecified atom stereocenters. The van der Waals surface area contributed by atoms with Crippen molar-refractivity contribution in [1.82, 2.24) is 15.3 Å². The highest BCUT2D eigenvalue weighted by Gasteiger charge is 2.16. The van der Waals surface area contributed by atoms with Gasteiger partial charge >= 0.3 is 0 Å². The Bertz CT molecular complexity index is 1560. The van der Waals surface area contributed by atoms with Gasteiger partial charge in [-0.1, -0.05) is 77.9 Å². The number of nitrogens with one attached hydrogen (secondary N) is 1. The van der Waals surface area contributed by atoms with Gasteiger partial charge in [-0.3, -0.25) is 4.79 Å². The van der Waals surface area contributed by atoms with Crippen LogP contribution in [-0.4, -0.2) is 21.9 Å². The fourth-order valence-electron chi connectivity index (χ4n) is 4.59. The Kier molecular flexibility index (Phi) is 7.09. The zero-order valence-electron chi connectivity index (χ0n) is 21.5. The van der Waals surface area contributed by atoms with Crippen LogP contribution in [0.2, 0.25) is 0 Å². The molecule has 0 bridgehead atoms. The highest BCUT2D eigenvalue weighted by atomic mass is 16.1. The lowest BCUT2D eigenvalue weighted by Crippen LogP contribution is -2.32. The van der Waals surface area contributed by atoms with E-state index >= 15 is 0 Å². The highest BCUT2D eigenvalue weighted by Crippen LogP contribution is 2.32. The largest absolute Gasteiger partial charge is 0.350 e. The first-order valence-electron chi connectivity index (χ1n) is 12.8. The van der Waals surface area contributed by atoms with Gasteiger partial charge in [0.25, 0.3) is 5.91 Å². The van der Waals surface area contributed by atoms with Crippen molar-refractivity contribution in [2.24, 2.45) is 0 Å². The normalized spacial score (nSPS) is 11.9. The molecule has 0 aliphatic heterocycles. The molecular formula is C33H31N3O. The zero-order valence-corrected chi connectivity index (χ0v) is 21.5. The first kappa shape index (κ1) is 24.4. The minimum Gasteiger partial charge on any atom is -0.350 e. The Morgan fingerprint density at radius 1 is 0.730 bits per heavy atom. The third kappa shape index (κ3) is 5.75. The van der Waals surface area contributed by atoms with Crippen molar-refractivity contribution in [3.8, 4) is 22.5 Å². The van der Waals surface area contributed by atoms with Crippen LogP contribution < -0.4 is 5.32 Å². The third-order valence-electron chi connectivity index (χ3n) is 6.60. The van der Waals surface area contributed by atoms with Gasteiger partial charge in [0.1, 0.15) is 0 Å². The Hall–Kier alpha value is -4.31. The van der Waals surface area contributed by atoms with Crippen molar-refractivity contribution < 1.29 is 4.79 Å². The number of rotatable bonds is 7. The second-order valence-corrected chi connectivity index (χ2v) is 9.76. The second kappa shape index (κ2) is 10.8. The number of aryl methyl sites for hydroxylation is 3. The standard InChI is InChI=1S/C33H31N3O/c1-22-9-7-13-26(19-22)31-32(27-14-8-10-23(2)20-27)36-30-21-28(17-18-29(30)35-31)33(37)34-24(3)15-16-25-11-5-4-6-12-25/h4-14,17-21,24H,15-16H2,1-3H3,(H,34,37)/t24-/m1/s1. The molecule has 1 aromatic heterocycles. The van der Waals surface area contributed by atoms with Crippen molar-refractivity contribution >= 4 is 16.9 Å². The Labute approximate surface area is 218 Å². The van der Waals surface area contributed by atoms with Gasteiger partial charge in [-0.25, -0.2) is 9.97 Å². The number of benzene rings is 4. The van der Waals surface area contributed by atoms with E-state index in [-0.39, 0.29) is 11.9 Å². The molecule has 5 rings (SSSR count). The lowest BCUT2D eigenvalue weighted by Gasteiger charge is -2.15. The van der Waals surface area contributed by atoms with Gasteiger partial charge in [0.05, 0.1) is 22.4 Å². The summed E-state index contributed by atoms with van der Waals surface area (Å²) in [5.41, 5.74) is 9.36. The summed E-state index contributed by atoms with van der Waals surface area (Å²) in [5.74, 6) is -0.0934. The van der Waals surface area contributed by atoms with Gasteiger partial charge in [0.2, 0.25) is 0 Å². The molecule has 0 saturated carbocycles. The molecule has 0 radical (unpaired) electrons. The van der Waals surface area contributed by atoms with E-state index in [1.165, 1.54) is 11.1 Å². The summed E-state index contributed by atoms with van der Waals surface area (Å²) in [6, 6.07) is 32.6. The molecular weight excluding hydrogens is 454 g/mol. The molecule has 4 heteroatoms. The van der Waals surface area contributed by atoms with Gasteiger partial charge in [-0.15, -0.1) is 0 Å². The van der Waals surface area contributed by atoms with E-state index in [2.05, 4.69) is 67.7 Å². The van der Waals surface area contributed by atoms with Crippen LogP contribution in [0.1, 0.15) is 40.4 Å². The van der Waals surface area contributed by atoms with E-state index in [1.54, 1.807) is 0 Å². The van der Waals surface area contributed by atoms with Crippen molar-refractivity contribution in [2.45, 2.75) is 39.7 Å². The molecule has 1 heterocycles. The summed E-state index contributed by atoms with van der Waals surface area (Å²) in [7, 11) is 0. The molecule has 37 heavy (non-hydrogen) atoms. The van der Waals surface area contributed by atoms with Crippen LogP contribution in [0.4, 0.5) is 0 Å². The minimum absolute atomic E-state index is 0.0565. The lowest BCUT2D eigenvalue weighted by atomic mass is 10.0. The number of fused-ring (bicyclic) bond motifs is 1. The van der Waals surface area contributed by atoms with E-state index in [1.807, 2.05) is 55.5 Å². The molecule has 4 nitrogen and oxygen atoms in total. The van der Waals surface area contributed by atoms with Crippen molar-refractivity contribution in [2.75, 3.05) is 0 Å². The number of hydrogen-bond acceptors (Lipinski definition) is 3. The quantitative estimate of drug-likeness (QED) is 0.262. The summed E-state index contributed by atoms with van der Waals surface area (Å²) in [4.78, 5) is 23.1. The van der Waals surface area contributed by atoms with E-state index < -0.39 is 0 Å². The molecule has 184 valence electrons. The highest BCUT2D eigenvalue weighted by molar-refractivity contribution is 5.98. The number of carbonyl (C=O) groups excluding carboxylic acids is 1. The van der Waals surface area contributed by atoms with Gasteiger partial charge in [-0.2, -0.15) is 0 Å². The van der Waals surface area contributed by atoms with E-state index in [4.69, 9.17) is 9.97 Å². The van der Waals surface area contributed by atoms with Crippen molar-refractivity contribution in [1.29, 1.82) is 0 Å². The maximum absolute atomic E-state index is 13.1. The topological polar surface area (TPSA) is 54.9 Å². The molecule has 0 aliphatic rings. The number of nitrogens with zero attached hydrogens (tertiary/aromatic N) is 2. The predicted molar refractivity (Wildman–Crippen MR) is 152 cm³/mol. The summed E-state index contributed by atoms with van der Waals surface area (Å²) >= 11 is 0. The van der Waals surface area contributed by atoms with Gasteiger partial charge in [-0.05, 0) is 69.5 Å². The van der Waals surface area contributed by atoms with Crippen LogP contribution in [0.3, 0.4) is 0 Å². The van der Waals surface area contributed by atoms with Crippen molar-refractivity contribution in [3.05, 3.63) is 119 Å². The maximum Gasteiger partial charge on any atom is 0.251 e. The molecule has 0 saturated heterocycles. The summed E-state index contributed by atoms with van der Waals surface area (Å²) in [6.07, 6.45) is 1.80. The fraction of sp³-hybridized carbons (Fsp3) is 0.182. The SMILES string of the molecule is Cc1cccc(-c2nc3ccc(C(=O)N[C@H](C)CCc4ccccc4)cc3nc2-c2cccc(C)c2)c1. The monoisotopic (exact) mass is 485 g/mol. The smallest absolute Gasteiger partial charge is 0.251 e. The molecule has 1 amide bonds. The lowest BCUT2D eigenvalue weighted by molar-refractivity contribution is 0.0938. The number of carbonyl (C=O) groups is 1. The van der Waals surface area contributed by atoms with E-state index in [0.717, 1.165) is 46.4 Å². The number of aromatic nitrogens is 2. The fourth-order valence-corrected chi connectivity index (χ4v) is 4.59. The van der Waals surface area contributed by atoms with Gasteiger partial charge in [0, 0.05) is 22.7 Å². The summed E-state index contributed by atoms with van der Waals surface area (Å²) < 4.78 is 0. The number of hydrogen-bond donors (Lipinski definition) is 1. The zero-order chi connectivity index (χ0) is 25.8. The minimum atomic E-state index is -0.0934. The second-order valence-electron chi connectivity index (χ2n) is 9.76. The molecule has 0 fully saturated rings. The summed E-state index contributed by atoms with van der Waals surface area (Å²) in [6.45, 7) is 6.20. The average Bonchev–Trinajstić information content (AvgIpc) is 2.91. The van der Waals surface area contributed by atoms with Crippen LogP contribution >= 0.6 is 0 Å². The molecule has 4 aromatic carbocycles. The Morgan fingerprint density at radius 3 is 1.97 bits per heavy atom. The van der Waals surface area contributed by atoms with E-state index in [9.17, 15) is 4.79 Å². The first-order valence-corrected chi connectivity index (χ1v) is 12.8. The van der Waals surface area contributed by atoms with E-state index in [0.29, 0.717) is 11.1 Å². The third-order valence-corrected chi connectivity index (χ3v) is 6.60. The Morgan fingerprint density at radius 2 is 1.35 bits per heavy atom. The van der Waals surface area contributed by atoms with Crippen LogP contribution in [-0.2, 0) is 6.42 Å². The Balaban J connectivity index is 1.46. The van der Waals surface area contributed by atoms with Crippen LogP contribution in [0.5, 0.6) is 0 Å². The number of amides is 1. The molecule has 0 aliphatic carbocycles. The van der Waals surface area contributed by atoms with Crippen LogP contribution in [0.25, 0.3) is 33.5 Å². The summed E-state index contributed by atoms with van der Waals surface area (Å²) in [5, 5.41) is 3.14. The van der Waals surface area contributed by atoms with Gasteiger partial charge < -0.3 is 5.32 Å². The van der Waals surface area contributed by atoms with Crippen LogP contribution in [0.15, 0.2) is 97.1 Å². The van der Waals surface area contributed by atoms with Crippen molar-refractivity contribution in [3.63, 3.8) is 0 Å². The predicted octanol–water partition coefficient (Wildman–Crippen LogP) is 7.33. The average molecular weight is 486 g/mol. The maximum atomic E-state index is 13.1.